The van der Waals surface area contributed by atoms with Gasteiger partial charge < -0.3 is 0 Å². The third kappa shape index (κ3) is 10.5. The first-order valence-electron chi connectivity index (χ1n) is 16.2. The molecular weight excluding hydrogens is 687 g/mol. The predicted octanol–water partition coefficient (Wildman–Crippen LogP) is 8.86. The molecule has 0 nitrogen and oxygen atoms in total. The first-order valence-corrected chi connectivity index (χ1v) is 22.7. The van der Waals surface area contributed by atoms with Crippen molar-refractivity contribution in [1.29, 1.82) is 0 Å². The second-order valence-corrected chi connectivity index (χ2v) is 21.0. The molecule has 47 heavy (non-hydrogen) atoms. The molecule has 6 aromatic carbocycles. The van der Waals surface area contributed by atoms with Gasteiger partial charge in [-0.15, -0.1) is 7.92 Å². The van der Waals surface area contributed by atoms with Gasteiger partial charge in [-0.25, -0.2) is 0 Å². The van der Waals surface area contributed by atoms with Gasteiger partial charge in [0.05, 0.1) is 0 Å². The SMILES string of the molecule is [Co].c1ccc(P(CCP(CCP(c2ccccc2)c2ccccc2)CCP(c2ccccc2)c2ccccc2)c2ccccc2)cc1. The Labute approximate surface area is 297 Å². The standard InChI is InChI=1S/C42H42P4.Co/c1-7-19-37(20-8-1)44(38-21-9-2-10-22-38)34-31-43(32-35-45(39-23-11-3-12-24-39)40-25-13-4-14-26-40)33-36-46(41-27-15-5-16-28-41)42-29-17-6-18-30-42;/h1-30H,31-36H2;. The quantitative estimate of drug-likeness (QED) is 0.0928. The van der Waals surface area contributed by atoms with Crippen molar-refractivity contribution in [3.05, 3.63) is 182 Å². The van der Waals surface area contributed by atoms with Gasteiger partial charge in [0.1, 0.15) is 0 Å². The predicted molar refractivity (Wildman–Crippen MR) is 213 cm³/mol. The Hall–Kier alpha value is -2.45. The molecule has 6 aromatic rings. The summed E-state index contributed by atoms with van der Waals surface area (Å²) in [4.78, 5) is 0. The van der Waals surface area contributed by atoms with Crippen LogP contribution < -0.4 is 31.8 Å². The van der Waals surface area contributed by atoms with E-state index < -0.39 is 0 Å². The maximum absolute atomic E-state index is 2.36. The van der Waals surface area contributed by atoms with E-state index in [4.69, 9.17) is 0 Å². The first-order chi connectivity index (χ1) is 22.8. The zero-order valence-corrected chi connectivity index (χ0v) is 31.3. The molecule has 0 heterocycles. The van der Waals surface area contributed by atoms with Crippen molar-refractivity contribution in [2.75, 3.05) is 37.0 Å². The zero-order valence-electron chi connectivity index (χ0n) is 26.7. The number of hydrogen-bond acceptors (Lipinski definition) is 0. The van der Waals surface area contributed by atoms with E-state index in [1.165, 1.54) is 68.8 Å². The van der Waals surface area contributed by atoms with Gasteiger partial charge in [-0.05, 0) is 92.6 Å². The summed E-state index contributed by atoms with van der Waals surface area (Å²) in [5.41, 5.74) is 0. The Morgan fingerprint density at radius 3 is 0.574 bits per heavy atom. The van der Waals surface area contributed by atoms with Crippen molar-refractivity contribution in [1.82, 2.24) is 0 Å². The summed E-state index contributed by atoms with van der Waals surface area (Å²) in [5.74, 6) is 0. The number of benzene rings is 6. The summed E-state index contributed by atoms with van der Waals surface area (Å²) in [6, 6.07) is 67.8. The molecule has 6 rings (SSSR count). The summed E-state index contributed by atoms with van der Waals surface area (Å²) in [7, 11) is -1.30. The zero-order chi connectivity index (χ0) is 31.2. The summed E-state index contributed by atoms with van der Waals surface area (Å²) in [6.45, 7) is 0. The fourth-order valence-corrected chi connectivity index (χ4v) is 18.0. The van der Waals surface area contributed by atoms with Crippen LogP contribution in [0.15, 0.2) is 182 Å². The molecular formula is C42H42CoP4. The molecule has 0 bridgehead atoms. The molecule has 5 heteroatoms. The first kappa shape index (κ1) is 35.8. The van der Waals surface area contributed by atoms with Gasteiger partial charge in [-0.1, -0.05) is 182 Å². The summed E-state index contributed by atoms with van der Waals surface area (Å²) in [6.07, 6.45) is 7.76. The normalized spacial score (nSPS) is 11.2. The van der Waals surface area contributed by atoms with E-state index in [9.17, 15) is 0 Å². The molecule has 239 valence electrons. The van der Waals surface area contributed by atoms with Crippen LogP contribution in [0.25, 0.3) is 0 Å². The molecule has 0 aliphatic rings. The van der Waals surface area contributed by atoms with Gasteiger partial charge in [0.2, 0.25) is 0 Å². The van der Waals surface area contributed by atoms with Crippen LogP contribution in [0.1, 0.15) is 0 Å². The molecule has 0 atom stereocenters. The molecule has 1 radical (unpaired) electrons. The van der Waals surface area contributed by atoms with E-state index in [1.54, 1.807) is 0 Å². The van der Waals surface area contributed by atoms with E-state index in [1.807, 2.05) is 0 Å². The van der Waals surface area contributed by atoms with Crippen LogP contribution in [0.5, 0.6) is 0 Å². The van der Waals surface area contributed by atoms with Crippen LogP contribution in [0, 0.1) is 0 Å². The maximum atomic E-state index is 2.36. The molecule has 0 aromatic heterocycles. The van der Waals surface area contributed by atoms with Crippen LogP contribution in [0.4, 0.5) is 0 Å². The third-order valence-corrected chi connectivity index (χ3v) is 19.5. The third-order valence-electron chi connectivity index (χ3n) is 8.33. The molecule has 0 aliphatic heterocycles. The van der Waals surface area contributed by atoms with Crippen molar-refractivity contribution in [2.45, 2.75) is 0 Å². The van der Waals surface area contributed by atoms with E-state index in [0.29, 0.717) is 0 Å². The Kier molecular flexibility index (Phi) is 14.9. The fraction of sp³-hybridized carbons (Fsp3) is 0.143. The number of hydrogen-bond donors (Lipinski definition) is 0. The molecule has 0 aliphatic carbocycles. The van der Waals surface area contributed by atoms with Gasteiger partial charge in [0.15, 0.2) is 0 Å². The second-order valence-electron chi connectivity index (χ2n) is 11.3. The second kappa shape index (κ2) is 19.5. The van der Waals surface area contributed by atoms with Crippen LogP contribution in [-0.4, -0.2) is 37.0 Å². The number of rotatable bonds is 15. The monoisotopic (exact) mass is 729 g/mol. The minimum Gasteiger partial charge on any atom is -0.106 e. The van der Waals surface area contributed by atoms with Crippen molar-refractivity contribution in [3.63, 3.8) is 0 Å². The van der Waals surface area contributed by atoms with Crippen molar-refractivity contribution < 1.29 is 16.8 Å². The Morgan fingerprint density at radius 2 is 0.404 bits per heavy atom. The van der Waals surface area contributed by atoms with Crippen LogP contribution in [0.2, 0.25) is 0 Å². The van der Waals surface area contributed by atoms with Gasteiger partial charge in [-0.3, -0.25) is 0 Å². The van der Waals surface area contributed by atoms with Gasteiger partial charge in [0.25, 0.3) is 0 Å². The molecule has 0 saturated carbocycles. The minimum absolute atomic E-state index is 0. The van der Waals surface area contributed by atoms with E-state index in [0.717, 1.165) is 0 Å². The van der Waals surface area contributed by atoms with Crippen LogP contribution >= 0.6 is 31.7 Å². The largest absolute Gasteiger partial charge is 0.106 e. The van der Waals surface area contributed by atoms with Crippen molar-refractivity contribution >= 4 is 63.5 Å². The fourth-order valence-electron chi connectivity index (χ4n) is 5.93. The Balaban J connectivity index is 0.00000433. The van der Waals surface area contributed by atoms with Crippen molar-refractivity contribution in [2.24, 2.45) is 0 Å². The van der Waals surface area contributed by atoms with Crippen molar-refractivity contribution in [3.8, 4) is 0 Å². The van der Waals surface area contributed by atoms with E-state index in [2.05, 4.69) is 182 Å². The smallest absolute Gasteiger partial charge is 0 e. The minimum atomic E-state index is -0.384. The Bertz CT molecular complexity index is 1360. The van der Waals surface area contributed by atoms with Crippen LogP contribution in [-0.2, 0) is 16.8 Å². The van der Waals surface area contributed by atoms with Gasteiger partial charge in [0, 0.05) is 16.8 Å². The topological polar surface area (TPSA) is 0 Å². The van der Waals surface area contributed by atoms with Crippen LogP contribution in [0.3, 0.4) is 0 Å². The Morgan fingerprint density at radius 1 is 0.234 bits per heavy atom. The summed E-state index contributed by atoms with van der Waals surface area (Å²) >= 11 is 0. The molecule has 0 amide bonds. The molecule has 0 fully saturated rings. The summed E-state index contributed by atoms with van der Waals surface area (Å²) < 4.78 is 0. The van der Waals surface area contributed by atoms with Gasteiger partial charge in [-0.2, -0.15) is 0 Å². The molecule has 0 N–H and O–H groups in total. The van der Waals surface area contributed by atoms with Gasteiger partial charge >= 0.3 is 0 Å². The van der Waals surface area contributed by atoms with E-state index in [-0.39, 0.29) is 48.5 Å². The molecule has 0 saturated heterocycles. The summed E-state index contributed by atoms with van der Waals surface area (Å²) in [5, 5.41) is 9.03. The van der Waals surface area contributed by atoms with E-state index >= 15 is 0 Å². The maximum Gasteiger partial charge on any atom is 0 e. The molecule has 0 spiro atoms. The average molecular weight is 730 g/mol. The molecule has 0 unspecified atom stereocenters. The average Bonchev–Trinajstić information content (AvgIpc) is 3.14.